The molecule has 0 saturated carbocycles. The molecule has 6 heteroatoms. The summed E-state index contributed by atoms with van der Waals surface area (Å²) < 4.78 is 12.2. The predicted molar refractivity (Wildman–Crippen MR) is 118 cm³/mol. The van der Waals surface area contributed by atoms with Crippen LogP contribution in [0.5, 0.6) is 5.75 Å². The van der Waals surface area contributed by atoms with Gasteiger partial charge < -0.3 is 9.15 Å². The summed E-state index contributed by atoms with van der Waals surface area (Å²) in [6.07, 6.45) is 6.02. The van der Waals surface area contributed by atoms with E-state index in [9.17, 15) is 4.79 Å². The van der Waals surface area contributed by atoms with E-state index in [0.29, 0.717) is 11.7 Å². The third-order valence-corrected chi connectivity index (χ3v) is 6.21. The second kappa shape index (κ2) is 8.03. The van der Waals surface area contributed by atoms with Gasteiger partial charge in [-0.15, -0.1) is 11.3 Å². The summed E-state index contributed by atoms with van der Waals surface area (Å²) in [4.78, 5) is 16.8. The van der Waals surface area contributed by atoms with Gasteiger partial charge in [0.15, 0.2) is 5.13 Å². The van der Waals surface area contributed by atoms with Crippen LogP contribution in [-0.2, 0) is 17.6 Å². The number of nitrogens with zero attached hydrogens (tertiary/aromatic N) is 1. The van der Waals surface area contributed by atoms with Crippen molar-refractivity contribution in [3.05, 3.63) is 45.7 Å². The first-order valence-electron chi connectivity index (χ1n) is 10.1. The van der Waals surface area contributed by atoms with Crippen LogP contribution in [0.4, 0.5) is 5.13 Å². The first-order valence-corrected chi connectivity index (χ1v) is 11.0. The number of aromatic nitrogens is 1. The topological polar surface area (TPSA) is 64.4 Å². The van der Waals surface area contributed by atoms with Gasteiger partial charge in [0.2, 0.25) is 5.91 Å². The molecule has 0 unspecified atom stereocenters. The number of anilines is 1. The van der Waals surface area contributed by atoms with Gasteiger partial charge in [0.1, 0.15) is 17.1 Å². The highest BCUT2D eigenvalue weighted by molar-refractivity contribution is 7.13. The van der Waals surface area contributed by atoms with Crippen molar-refractivity contribution in [2.75, 3.05) is 11.9 Å². The molecule has 4 rings (SSSR count). The third kappa shape index (κ3) is 3.81. The number of benzene rings is 1. The molecule has 0 saturated heterocycles. The molecule has 1 aromatic carbocycles. The molecule has 1 aliphatic rings. The fourth-order valence-electron chi connectivity index (χ4n) is 3.99. The summed E-state index contributed by atoms with van der Waals surface area (Å²) in [6.45, 7) is 8.42. The van der Waals surface area contributed by atoms with Crippen molar-refractivity contribution in [3.8, 4) is 5.75 Å². The Bertz CT molecular complexity index is 1110. The van der Waals surface area contributed by atoms with Crippen LogP contribution in [0.25, 0.3) is 16.5 Å². The Kier molecular flexibility index (Phi) is 5.46. The highest BCUT2D eigenvalue weighted by atomic mass is 32.1. The first kappa shape index (κ1) is 19.7. The van der Waals surface area contributed by atoms with Gasteiger partial charge in [-0.05, 0) is 58.6 Å². The number of carbonyl (C=O) groups excluding carboxylic acids is 1. The Labute approximate surface area is 174 Å². The number of rotatable bonds is 5. The van der Waals surface area contributed by atoms with E-state index in [-0.39, 0.29) is 5.91 Å². The molecular weight excluding hydrogens is 384 g/mol. The van der Waals surface area contributed by atoms with E-state index in [1.165, 1.54) is 29.7 Å². The Morgan fingerprint density at radius 2 is 2.14 bits per heavy atom. The van der Waals surface area contributed by atoms with Crippen LogP contribution >= 0.6 is 11.3 Å². The van der Waals surface area contributed by atoms with Crippen LogP contribution in [0.3, 0.4) is 0 Å². The van der Waals surface area contributed by atoms with Crippen molar-refractivity contribution in [1.82, 2.24) is 4.98 Å². The summed E-state index contributed by atoms with van der Waals surface area (Å²) in [7, 11) is 0. The van der Waals surface area contributed by atoms with Crippen LogP contribution in [0, 0.1) is 13.8 Å². The van der Waals surface area contributed by atoms with E-state index >= 15 is 0 Å². The maximum absolute atomic E-state index is 12.5. The zero-order valence-corrected chi connectivity index (χ0v) is 18.2. The lowest BCUT2D eigenvalue weighted by Gasteiger charge is -2.15. The van der Waals surface area contributed by atoms with E-state index in [0.717, 1.165) is 57.7 Å². The molecule has 0 bridgehead atoms. The molecule has 1 amide bonds. The Balaban J connectivity index is 1.76. The molecule has 3 aromatic rings. The molecule has 152 valence electrons. The average molecular weight is 411 g/mol. The van der Waals surface area contributed by atoms with Crippen molar-refractivity contribution in [1.29, 1.82) is 0 Å². The smallest absolute Gasteiger partial charge is 0.250 e. The number of carbonyl (C=O) groups is 1. The number of amides is 1. The maximum atomic E-state index is 12.5. The van der Waals surface area contributed by atoms with Crippen LogP contribution in [-0.4, -0.2) is 17.5 Å². The Morgan fingerprint density at radius 3 is 2.86 bits per heavy atom. The fourth-order valence-corrected chi connectivity index (χ4v) is 4.68. The summed E-state index contributed by atoms with van der Waals surface area (Å²) in [5, 5.41) is 6.52. The van der Waals surface area contributed by atoms with E-state index in [2.05, 4.69) is 16.4 Å². The van der Waals surface area contributed by atoms with Crippen molar-refractivity contribution in [2.45, 2.75) is 53.4 Å². The van der Waals surface area contributed by atoms with E-state index in [4.69, 9.17) is 9.15 Å². The first-order chi connectivity index (χ1) is 14.0. The molecule has 0 atom stereocenters. The average Bonchev–Trinajstić information content (AvgIpc) is 3.27. The molecule has 0 fully saturated rings. The lowest BCUT2D eigenvalue weighted by Crippen LogP contribution is -2.08. The molecule has 1 aliphatic carbocycles. The predicted octanol–water partition coefficient (Wildman–Crippen LogP) is 5.83. The van der Waals surface area contributed by atoms with Crippen LogP contribution in [0.15, 0.2) is 21.9 Å². The van der Waals surface area contributed by atoms with Gasteiger partial charge >= 0.3 is 0 Å². The van der Waals surface area contributed by atoms with E-state index in [1.807, 2.05) is 33.1 Å². The summed E-state index contributed by atoms with van der Waals surface area (Å²) >= 11 is 1.42. The number of furan rings is 1. The molecule has 1 N–H and O–H groups in total. The highest BCUT2D eigenvalue weighted by Crippen LogP contribution is 2.41. The number of hydrogen-bond acceptors (Lipinski definition) is 5. The van der Waals surface area contributed by atoms with Gasteiger partial charge in [-0.1, -0.05) is 0 Å². The molecule has 0 radical (unpaired) electrons. The minimum absolute atomic E-state index is 0.189. The van der Waals surface area contributed by atoms with Gasteiger partial charge in [-0.25, -0.2) is 4.98 Å². The zero-order chi connectivity index (χ0) is 20.5. The third-order valence-electron chi connectivity index (χ3n) is 5.34. The number of hydrogen-bond donors (Lipinski definition) is 1. The largest absolute Gasteiger partial charge is 0.493 e. The quantitative estimate of drug-likeness (QED) is 0.538. The van der Waals surface area contributed by atoms with Crippen LogP contribution < -0.4 is 10.1 Å². The number of fused-ring (bicyclic) bond motifs is 3. The second-order valence-corrected chi connectivity index (χ2v) is 8.37. The molecule has 29 heavy (non-hydrogen) atoms. The Hall–Kier alpha value is -2.60. The number of ether oxygens (including phenoxy) is 1. The normalized spacial score (nSPS) is 14.1. The lowest BCUT2D eigenvalue weighted by molar-refractivity contribution is -0.111. The van der Waals surface area contributed by atoms with E-state index in [1.54, 1.807) is 6.08 Å². The van der Waals surface area contributed by atoms with Crippen molar-refractivity contribution in [2.24, 2.45) is 0 Å². The number of allylic oxidation sites excluding steroid dienone is 1. The summed E-state index contributed by atoms with van der Waals surface area (Å²) in [5.74, 6) is 1.71. The molecule has 2 heterocycles. The summed E-state index contributed by atoms with van der Waals surface area (Å²) in [6, 6.07) is 2.13. The monoisotopic (exact) mass is 410 g/mol. The number of aryl methyl sites for hydroxylation is 4. The minimum Gasteiger partial charge on any atom is -0.493 e. The highest BCUT2D eigenvalue weighted by Gasteiger charge is 2.23. The molecular formula is C23H26N2O3S. The van der Waals surface area contributed by atoms with Gasteiger partial charge in [0.25, 0.3) is 0 Å². The molecule has 2 aromatic heterocycles. The van der Waals surface area contributed by atoms with Crippen molar-refractivity contribution in [3.63, 3.8) is 0 Å². The standard InChI is InChI=1S/C23H26N2O3S/c1-5-27-21-15(4)22-18(16-8-6-7-9-19(16)28-22)11-17(21)13(2)10-20(26)25-23-24-14(3)12-29-23/h10-12H,5-9H2,1-4H3,(H,24,25,26)/b13-10+. The van der Waals surface area contributed by atoms with Gasteiger partial charge in [0.05, 0.1) is 12.3 Å². The lowest BCUT2D eigenvalue weighted by atomic mass is 9.93. The summed E-state index contributed by atoms with van der Waals surface area (Å²) in [5.41, 5.74) is 5.92. The molecule has 0 aliphatic heterocycles. The second-order valence-electron chi connectivity index (χ2n) is 7.51. The van der Waals surface area contributed by atoms with Gasteiger partial charge in [0, 0.05) is 40.0 Å². The zero-order valence-electron chi connectivity index (χ0n) is 17.3. The molecule has 0 spiro atoms. The molecule has 5 nitrogen and oxygen atoms in total. The minimum atomic E-state index is -0.189. The van der Waals surface area contributed by atoms with Gasteiger partial charge in [-0.2, -0.15) is 0 Å². The van der Waals surface area contributed by atoms with E-state index < -0.39 is 0 Å². The Morgan fingerprint density at radius 1 is 1.34 bits per heavy atom. The van der Waals surface area contributed by atoms with Crippen molar-refractivity contribution < 1.29 is 13.9 Å². The number of nitrogens with one attached hydrogen (secondary N) is 1. The number of thiazole rings is 1. The SMILES string of the molecule is CCOc1c(/C(C)=C/C(=O)Nc2nc(C)cs2)cc2c3c(oc2c1C)CCCC3. The fraction of sp³-hybridized carbons (Fsp3) is 0.391. The van der Waals surface area contributed by atoms with Crippen LogP contribution in [0.1, 0.15) is 54.8 Å². The van der Waals surface area contributed by atoms with Gasteiger partial charge in [-0.3, -0.25) is 10.1 Å². The maximum Gasteiger partial charge on any atom is 0.250 e. The van der Waals surface area contributed by atoms with Crippen LogP contribution in [0.2, 0.25) is 0 Å². The van der Waals surface area contributed by atoms with Crippen molar-refractivity contribution >= 4 is 38.9 Å².